The molecular formula is C62H98O6. The van der Waals surface area contributed by atoms with Gasteiger partial charge in [0.25, 0.3) is 0 Å². The van der Waals surface area contributed by atoms with Crippen LogP contribution in [0.2, 0.25) is 0 Å². The lowest BCUT2D eigenvalue weighted by Gasteiger charge is -2.18. The summed E-state index contributed by atoms with van der Waals surface area (Å²) < 4.78 is 16.7. The Hall–Kier alpha value is -4.45. The molecule has 0 aromatic rings. The number of rotatable bonds is 47. The normalized spacial score (nSPS) is 13.2. The van der Waals surface area contributed by atoms with E-state index < -0.39 is 6.10 Å². The molecule has 0 aliphatic heterocycles. The predicted molar refractivity (Wildman–Crippen MR) is 292 cm³/mol. The monoisotopic (exact) mass is 939 g/mol. The number of carbonyl (C=O) groups is 3. The molecule has 0 fully saturated rings. The van der Waals surface area contributed by atoms with Gasteiger partial charge in [-0.05, 0) is 122 Å². The average molecular weight is 939 g/mol. The van der Waals surface area contributed by atoms with Crippen molar-refractivity contribution in [3.63, 3.8) is 0 Å². The molecular weight excluding hydrogens is 841 g/mol. The first kappa shape index (κ1) is 63.5. The molecule has 1 atom stereocenters. The van der Waals surface area contributed by atoms with Crippen LogP contribution in [0.3, 0.4) is 0 Å². The fourth-order valence-corrected chi connectivity index (χ4v) is 6.86. The lowest BCUT2D eigenvalue weighted by atomic mass is 10.1. The number of carbonyl (C=O) groups excluding carboxylic acids is 3. The molecule has 0 unspecified atom stereocenters. The van der Waals surface area contributed by atoms with Crippen LogP contribution < -0.4 is 0 Å². The molecule has 0 rings (SSSR count). The molecule has 6 heteroatoms. The van der Waals surface area contributed by atoms with Gasteiger partial charge in [-0.3, -0.25) is 14.4 Å². The molecule has 0 aromatic carbocycles. The lowest BCUT2D eigenvalue weighted by molar-refractivity contribution is -0.167. The van der Waals surface area contributed by atoms with Crippen LogP contribution in [-0.4, -0.2) is 37.2 Å². The summed E-state index contributed by atoms with van der Waals surface area (Å²) in [6.07, 6.45) is 77.3. The van der Waals surface area contributed by atoms with Gasteiger partial charge in [-0.2, -0.15) is 0 Å². The second-order valence-corrected chi connectivity index (χ2v) is 17.4. The van der Waals surface area contributed by atoms with E-state index in [1.165, 1.54) is 57.8 Å². The van der Waals surface area contributed by atoms with Crippen LogP contribution in [0.1, 0.15) is 220 Å². The van der Waals surface area contributed by atoms with Crippen LogP contribution >= 0.6 is 0 Å². The maximum absolute atomic E-state index is 12.8. The van der Waals surface area contributed by atoms with Gasteiger partial charge in [0.1, 0.15) is 13.2 Å². The first-order valence-corrected chi connectivity index (χ1v) is 27.2. The minimum Gasteiger partial charge on any atom is -0.462 e. The predicted octanol–water partition coefficient (Wildman–Crippen LogP) is 18.3. The third kappa shape index (κ3) is 52.5. The van der Waals surface area contributed by atoms with Gasteiger partial charge in [0.05, 0.1) is 0 Å². The molecule has 382 valence electrons. The number of esters is 3. The molecule has 0 saturated heterocycles. The highest BCUT2D eigenvalue weighted by molar-refractivity contribution is 5.71. The van der Waals surface area contributed by atoms with Crippen LogP contribution in [-0.2, 0) is 28.6 Å². The molecule has 0 amide bonds. The second kappa shape index (κ2) is 55.1. The summed E-state index contributed by atoms with van der Waals surface area (Å²) in [7, 11) is 0. The van der Waals surface area contributed by atoms with Crippen molar-refractivity contribution in [2.45, 2.75) is 226 Å². The van der Waals surface area contributed by atoms with E-state index in [2.05, 4.69) is 154 Å². The maximum atomic E-state index is 12.8. The zero-order valence-corrected chi connectivity index (χ0v) is 43.6. The van der Waals surface area contributed by atoms with Gasteiger partial charge in [-0.1, -0.05) is 212 Å². The molecule has 0 spiro atoms. The molecule has 6 nitrogen and oxygen atoms in total. The van der Waals surface area contributed by atoms with E-state index in [1.54, 1.807) is 0 Å². The van der Waals surface area contributed by atoms with Crippen molar-refractivity contribution in [2.75, 3.05) is 13.2 Å². The first-order valence-electron chi connectivity index (χ1n) is 27.2. The Morgan fingerprint density at radius 2 is 0.588 bits per heavy atom. The Kier molecular flexibility index (Phi) is 51.5. The first-order chi connectivity index (χ1) is 33.5. The standard InChI is InChI=1S/C62H98O6/c1-4-7-10-13-16-19-22-25-28-31-34-37-40-43-46-49-52-55-61(64)67-58-59(57-66-60(63)54-51-48-45-42-39-36-33-30-27-24-21-18-15-12-9-6-3)68-62(65)56-53-50-47-44-41-38-35-32-29-26-23-20-17-14-11-8-5-2/h7-8,10-11,16-17,19-20,25-26,28-30,33-35,37-38,43-44,46-47,59H,4-6,9,12-15,18,21-24,27,31-32,36,39-42,45,48-58H2,1-3H3/b10-7-,11-8-,19-16-,20-17-,28-25-,29-26-,33-30-,37-34-,38-35-,46-43-,47-44-/t59-/m1/s1. The van der Waals surface area contributed by atoms with Crippen LogP contribution in [0.4, 0.5) is 0 Å². The maximum Gasteiger partial charge on any atom is 0.306 e. The quantitative estimate of drug-likeness (QED) is 0.0262. The van der Waals surface area contributed by atoms with Gasteiger partial charge in [-0.25, -0.2) is 0 Å². The van der Waals surface area contributed by atoms with E-state index in [-0.39, 0.29) is 44.0 Å². The molecule has 0 bridgehead atoms. The van der Waals surface area contributed by atoms with Crippen molar-refractivity contribution < 1.29 is 28.6 Å². The van der Waals surface area contributed by atoms with Gasteiger partial charge in [0, 0.05) is 19.3 Å². The second-order valence-electron chi connectivity index (χ2n) is 17.4. The van der Waals surface area contributed by atoms with Crippen molar-refractivity contribution in [3.05, 3.63) is 134 Å². The molecule has 0 heterocycles. The zero-order chi connectivity index (χ0) is 49.3. The Bertz CT molecular complexity index is 1500. The van der Waals surface area contributed by atoms with Gasteiger partial charge in [0.15, 0.2) is 6.10 Å². The van der Waals surface area contributed by atoms with Crippen LogP contribution in [0.15, 0.2) is 134 Å². The average Bonchev–Trinajstić information content (AvgIpc) is 3.34. The third-order valence-corrected chi connectivity index (χ3v) is 10.9. The van der Waals surface area contributed by atoms with Crippen molar-refractivity contribution >= 4 is 17.9 Å². The summed E-state index contributed by atoms with van der Waals surface area (Å²) in [4.78, 5) is 38.1. The van der Waals surface area contributed by atoms with E-state index in [4.69, 9.17) is 14.2 Å². The summed E-state index contributed by atoms with van der Waals surface area (Å²) in [5.74, 6) is -1.06. The summed E-state index contributed by atoms with van der Waals surface area (Å²) in [5.41, 5.74) is 0. The zero-order valence-electron chi connectivity index (χ0n) is 43.6. The highest BCUT2D eigenvalue weighted by Crippen LogP contribution is 2.12. The number of allylic oxidation sites excluding steroid dienone is 22. The summed E-state index contributed by atoms with van der Waals surface area (Å²) in [5, 5.41) is 0. The lowest BCUT2D eigenvalue weighted by Crippen LogP contribution is -2.30. The minimum absolute atomic E-state index is 0.127. The molecule has 0 N–H and O–H groups in total. The smallest absolute Gasteiger partial charge is 0.306 e. The fraction of sp³-hybridized carbons (Fsp3) is 0.597. The van der Waals surface area contributed by atoms with Gasteiger partial charge < -0.3 is 14.2 Å². The highest BCUT2D eigenvalue weighted by Gasteiger charge is 2.19. The molecule has 68 heavy (non-hydrogen) atoms. The number of ether oxygens (including phenoxy) is 3. The van der Waals surface area contributed by atoms with Crippen molar-refractivity contribution in [1.29, 1.82) is 0 Å². The number of hydrogen-bond acceptors (Lipinski definition) is 6. The molecule has 0 aliphatic carbocycles. The van der Waals surface area contributed by atoms with E-state index in [9.17, 15) is 14.4 Å². The van der Waals surface area contributed by atoms with E-state index in [0.717, 1.165) is 109 Å². The van der Waals surface area contributed by atoms with Crippen molar-refractivity contribution in [2.24, 2.45) is 0 Å². The highest BCUT2D eigenvalue weighted by atomic mass is 16.6. The van der Waals surface area contributed by atoms with Crippen molar-refractivity contribution in [1.82, 2.24) is 0 Å². The van der Waals surface area contributed by atoms with E-state index in [0.29, 0.717) is 19.3 Å². The van der Waals surface area contributed by atoms with E-state index >= 15 is 0 Å². The summed E-state index contributed by atoms with van der Waals surface area (Å²) >= 11 is 0. The Morgan fingerprint density at radius 1 is 0.309 bits per heavy atom. The molecule has 0 aromatic heterocycles. The van der Waals surface area contributed by atoms with Crippen LogP contribution in [0.25, 0.3) is 0 Å². The summed E-state index contributed by atoms with van der Waals surface area (Å²) in [6, 6.07) is 0. The number of hydrogen-bond donors (Lipinski definition) is 0. The third-order valence-electron chi connectivity index (χ3n) is 10.9. The minimum atomic E-state index is -0.839. The fourth-order valence-electron chi connectivity index (χ4n) is 6.86. The van der Waals surface area contributed by atoms with Crippen LogP contribution in [0, 0.1) is 0 Å². The van der Waals surface area contributed by atoms with Gasteiger partial charge in [0.2, 0.25) is 0 Å². The summed E-state index contributed by atoms with van der Waals surface area (Å²) in [6.45, 7) is 6.29. The van der Waals surface area contributed by atoms with Crippen molar-refractivity contribution in [3.8, 4) is 0 Å². The van der Waals surface area contributed by atoms with E-state index in [1.807, 2.05) is 0 Å². The van der Waals surface area contributed by atoms with Crippen LogP contribution in [0.5, 0.6) is 0 Å². The molecule has 0 saturated carbocycles. The van der Waals surface area contributed by atoms with Gasteiger partial charge in [-0.15, -0.1) is 0 Å². The van der Waals surface area contributed by atoms with Gasteiger partial charge >= 0.3 is 17.9 Å². The SMILES string of the molecule is CC/C=C\C/C=C\C/C=C\C/C=C\C/C=C\CCCC(=O)OC[C@@H](COC(=O)CCCCCCC/C=C\CCCCCCCCC)OC(=O)CCC/C=C\C/C=C\C/C=C\C/C=C\C/C=C\CC. The Balaban J connectivity index is 4.61. The number of unbranched alkanes of at least 4 members (excludes halogenated alkanes) is 14. The largest absolute Gasteiger partial charge is 0.462 e. The Labute approximate surface area is 417 Å². The molecule has 0 aliphatic rings. The Morgan fingerprint density at radius 3 is 0.971 bits per heavy atom. The topological polar surface area (TPSA) is 78.9 Å². The molecule has 0 radical (unpaired) electrons.